The molecule has 0 aliphatic carbocycles. The van der Waals surface area contributed by atoms with E-state index in [-0.39, 0.29) is 6.04 Å². The summed E-state index contributed by atoms with van der Waals surface area (Å²) < 4.78 is 37.1. The molecular weight excluding hydrogens is 229 g/mol. The number of benzene rings is 1. The van der Waals surface area contributed by atoms with Crippen molar-refractivity contribution in [2.75, 3.05) is 13.1 Å². The van der Waals surface area contributed by atoms with Crippen LogP contribution < -0.4 is 11.1 Å². The van der Waals surface area contributed by atoms with Gasteiger partial charge in [0.15, 0.2) is 0 Å². The Bertz CT molecular complexity index is 333. The molecule has 1 unspecified atom stereocenters. The molecule has 0 heterocycles. The lowest BCUT2D eigenvalue weighted by Crippen LogP contribution is -2.28. The fraction of sp³-hybridized carbons (Fsp3) is 0.500. The van der Waals surface area contributed by atoms with Crippen LogP contribution in [0.2, 0.25) is 0 Å². The van der Waals surface area contributed by atoms with E-state index in [2.05, 4.69) is 5.32 Å². The molecule has 0 aliphatic heterocycles. The molecule has 17 heavy (non-hydrogen) atoms. The van der Waals surface area contributed by atoms with Crippen molar-refractivity contribution in [3.63, 3.8) is 0 Å². The molecule has 0 fully saturated rings. The van der Waals surface area contributed by atoms with Crippen LogP contribution in [0.15, 0.2) is 24.3 Å². The molecule has 0 bridgehead atoms. The Morgan fingerprint density at radius 1 is 1.24 bits per heavy atom. The van der Waals surface area contributed by atoms with Gasteiger partial charge in [0.05, 0.1) is 5.56 Å². The van der Waals surface area contributed by atoms with Gasteiger partial charge in [-0.25, -0.2) is 0 Å². The number of nitrogens with one attached hydrogen (secondary N) is 1. The van der Waals surface area contributed by atoms with Gasteiger partial charge in [0.2, 0.25) is 0 Å². The van der Waals surface area contributed by atoms with Crippen molar-refractivity contribution >= 4 is 0 Å². The lowest BCUT2D eigenvalue weighted by Gasteiger charge is -2.17. The first kappa shape index (κ1) is 14.0. The molecule has 1 aromatic rings. The Morgan fingerprint density at radius 2 is 1.82 bits per heavy atom. The highest BCUT2D eigenvalue weighted by Gasteiger charge is 2.30. The Labute approximate surface area is 99.0 Å². The van der Waals surface area contributed by atoms with Crippen molar-refractivity contribution < 1.29 is 13.2 Å². The molecule has 0 radical (unpaired) electrons. The standard InChI is InChI=1S/C12H17F3N2/c1-2-7-17-11(8-16)9-3-5-10(6-4-9)12(13,14)15/h3-6,11,17H,2,7-8,16H2,1H3. The van der Waals surface area contributed by atoms with E-state index < -0.39 is 11.7 Å². The topological polar surface area (TPSA) is 38.0 Å². The number of hydrogen-bond donors (Lipinski definition) is 2. The second-order valence-corrected chi connectivity index (χ2v) is 3.86. The number of nitrogens with two attached hydrogens (primary N) is 1. The maximum Gasteiger partial charge on any atom is 0.416 e. The number of rotatable bonds is 5. The van der Waals surface area contributed by atoms with Gasteiger partial charge in [-0.3, -0.25) is 0 Å². The summed E-state index contributed by atoms with van der Waals surface area (Å²) >= 11 is 0. The van der Waals surface area contributed by atoms with E-state index in [9.17, 15) is 13.2 Å². The van der Waals surface area contributed by atoms with Crippen LogP contribution in [0.4, 0.5) is 13.2 Å². The summed E-state index contributed by atoms with van der Waals surface area (Å²) in [6, 6.07) is 5.04. The molecular formula is C12H17F3N2. The predicted octanol–water partition coefficient (Wildman–Crippen LogP) is 2.70. The highest BCUT2D eigenvalue weighted by atomic mass is 19.4. The monoisotopic (exact) mass is 246 g/mol. The molecule has 0 aromatic heterocycles. The van der Waals surface area contributed by atoms with Crippen molar-refractivity contribution in [3.05, 3.63) is 35.4 Å². The molecule has 0 amide bonds. The number of halogens is 3. The van der Waals surface area contributed by atoms with Crippen molar-refractivity contribution in [2.24, 2.45) is 5.73 Å². The fourth-order valence-corrected chi connectivity index (χ4v) is 1.56. The van der Waals surface area contributed by atoms with E-state index in [0.29, 0.717) is 6.54 Å². The first-order valence-corrected chi connectivity index (χ1v) is 5.59. The van der Waals surface area contributed by atoms with E-state index in [0.717, 1.165) is 30.7 Å². The average molecular weight is 246 g/mol. The molecule has 0 aliphatic rings. The molecule has 2 nitrogen and oxygen atoms in total. The average Bonchev–Trinajstić information content (AvgIpc) is 2.29. The minimum atomic E-state index is -4.28. The zero-order valence-corrected chi connectivity index (χ0v) is 9.72. The zero-order valence-electron chi connectivity index (χ0n) is 9.72. The summed E-state index contributed by atoms with van der Waals surface area (Å²) in [5, 5.41) is 3.19. The molecule has 0 saturated carbocycles. The third-order valence-electron chi connectivity index (χ3n) is 2.52. The minimum absolute atomic E-state index is 0.0859. The summed E-state index contributed by atoms with van der Waals surface area (Å²) in [7, 11) is 0. The fourth-order valence-electron chi connectivity index (χ4n) is 1.56. The largest absolute Gasteiger partial charge is 0.416 e. The number of alkyl halides is 3. The quantitative estimate of drug-likeness (QED) is 0.838. The van der Waals surface area contributed by atoms with Crippen molar-refractivity contribution in [2.45, 2.75) is 25.6 Å². The van der Waals surface area contributed by atoms with Crippen LogP contribution in [0, 0.1) is 0 Å². The van der Waals surface area contributed by atoms with Crippen molar-refractivity contribution in [3.8, 4) is 0 Å². The Balaban J connectivity index is 2.78. The van der Waals surface area contributed by atoms with Gasteiger partial charge >= 0.3 is 6.18 Å². The first-order chi connectivity index (χ1) is 7.99. The third-order valence-corrected chi connectivity index (χ3v) is 2.52. The van der Waals surface area contributed by atoms with Crippen LogP contribution in [-0.4, -0.2) is 13.1 Å². The Morgan fingerprint density at radius 3 is 2.24 bits per heavy atom. The van der Waals surface area contributed by atoms with Crippen LogP contribution in [0.25, 0.3) is 0 Å². The van der Waals surface area contributed by atoms with Gasteiger partial charge in [0, 0.05) is 12.6 Å². The summed E-state index contributed by atoms with van der Waals surface area (Å²) in [6.45, 7) is 3.18. The van der Waals surface area contributed by atoms with Gasteiger partial charge in [-0.1, -0.05) is 19.1 Å². The van der Waals surface area contributed by atoms with Gasteiger partial charge in [-0.2, -0.15) is 13.2 Å². The molecule has 5 heteroatoms. The van der Waals surface area contributed by atoms with E-state index >= 15 is 0 Å². The maximum atomic E-state index is 12.4. The van der Waals surface area contributed by atoms with Crippen LogP contribution in [-0.2, 0) is 6.18 Å². The second-order valence-electron chi connectivity index (χ2n) is 3.86. The summed E-state index contributed by atoms with van der Waals surface area (Å²) in [4.78, 5) is 0. The highest BCUT2D eigenvalue weighted by Crippen LogP contribution is 2.29. The highest BCUT2D eigenvalue weighted by molar-refractivity contribution is 5.27. The normalized spacial score (nSPS) is 13.7. The Hall–Kier alpha value is -1.07. The zero-order chi connectivity index (χ0) is 12.9. The lowest BCUT2D eigenvalue weighted by atomic mass is 10.0. The van der Waals surface area contributed by atoms with Gasteiger partial charge in [0.25, 0.3) is 0 Å². The number of hydrogen-bond acceptors (Lipinski definition) is 2. The van der Waals surface area contributed by atoms with Crippen molar-refractivity contribution in [1.29, 1.82) is 0 Å². The minimum Gasteiger partial charge on any atom is -0.329 e. The second kappa shape index (κ2) is 6.02. The predicted molar refractivity (Wildman–Crippen MR) is 61.5 cm³/mol. The van der Waals surface area contributed by atoms with E-state index in [1.54, 1.807) is 0 Å². The SMILES string of the molecule is CCCNC(CN)c1ccc(C(F)(F)F)cc1. The van der Waals surface area contributed by atoms with E-state index in [4.69, 9.17) is 5.73 Å². The summed E-state index contributed by atoms with van der Waals surface area (Å²) in [5.74, 6) is 0. The molecule has 1 atom stereocenters. The molecule has 1 rings (SSSR count). The lowest BCUT2D eigenvalue weighted by molar-refractivity contribution is -0.137. The van der Waals surface area contributed by atoms with Crippen LogP contribution >= 0.6 is 0 Å². The smallest absolute Gasteiger partial charge is 0.329 e. The molecule has 0 saturated heterocycles. The first-order valence-electron chi connectivity index (χ1n) is 5.59. The van der Waals surface area contributed by atoms with Crippen LogP contribution in [0.1, 0.15) is 30.5 Å². The summed E-state index contributed by atoms with van der Waals surface area (Å²) in [5.41, 5.74) is 5.74. The van der Waals surface area contributed by atoms with Crippen molar-refractivity contribution in [1.82, 2.24) is 5.32 Å². The van der Waals surface area contributed by atoms with Gasteiger partial charge < -0.3 is 11.1 Å². The van der Waals surface area contributed by atoms with E-state index in [1.807, 2.05) is 6.92 Å². The maximum absolute atomic E-state index is 12.4. The van der Waals surface area contributed by atoms with Gasteiger partial charge in [0.1, 0.15) is 0 Å². The van der Waals surface area contributed by atoms with Gasteiger partial charge in [-0.05, 0) is 30.7 Å². The molecule has 0 spiro atoms. The van der Waals surface area contributed by atoms with Crippen LogP contribution in [0.3, 0.4) is 0 Å². The van der Waals surface area contributed by atoms with Gasteiger partial charge in [-0.15, -0.1) is 0 Å². The van der Waals surface area contributed by atoms with E-state index in [1.165, 1.54) is 12.1 Å². The molecule has 96 valence electrons. The molecule has 3 N–H and O–H groups in total. The summed E-state index contributed by atoms with van der Waals surface area (Å²) in [6.07, 6.45) is -3.33. The molecule has 1 aromatic carbocycles. The Kier molecular flexibility index (Phi) is 4.96. The third kappa shape index (κ3) is 4.02. The van der Waals surface area contributed by atoms with Crippen LogP contribution in [0.5, 0.6) is 0 Å².